The minimum atomic E-state index is 0.422. The van der Waals surface area contributed by atoms with Crippen molar-refractivity contribution in [3.05, 3.63) is 19.1 Å². The molecule has 0 bridgehead atoms. The Hall–Kier alpha value is -0.300. The predicted octanol–water partition coefficient (Wildman–Crippen LogP) is 1.60. The molecule has 1 atom stereocenters. The van der Waals surface area contributed by atoms with Crippen molar-refractivity contribution in [2.24, 2.45) is 5.92 Å². The first-order chi connectivity index (χ1) is 4.83. The molecule has 1 nitrogen and oxygen atoms in total. The van der Waals surface area contributed by atoms with Crippen LogP contribution in [0.2, 0.25) is 0 Å². The molecule has 0 amide bonds. The monoisotopic (exact) mass is 137 g/mol. The number of nitrogens with zero attached hydrogens (tertiary/aromatic N) is 1. The molecule has 1 saturated heterocycles. The van der Waals surface area contributed by atoms with Crippen molar-refractivity contribution in [3.63, 3.8) is 0 Å². The van der Waals surface area contributed by atoms with Gasteiger partial charge in [-0.1, -0.05) is 12.2 Å². The molecule has 2 radical (unpaired) electrons. The van der Waals surface area contributed by atoms with Crippen LogP contribution >= 0.6 is 0 Å². The van der Waals surface area contributed by atoms with Gasteiger partial charge in [0.1, 0.15) is 0 Å². The first-order valence-corrected chi connectivity index (χ1v) is 3.92. The fourth-order valence-electron chi connectivity index (χ4n) is 1.28. The third kappa shape index (κ3) is 2.14. The smallest absolute Gasteiger partial charge is 0.0163 e. The van der Waals surface area contributed by atoms with Crippen molar-refractivity contribution in [2.45, 2.75) is 13.3 Å². The van der Waals surface area contributed by atoms with E-state index in [1.54, 1.807) is 0 Å². The maximum absolute atomic E-state index is 5.73. The second-order valence-electron chi connectivity index (χ2n) is 2.88. The zero-order valence-corrected chi connectivity index (χ0v) is 6.59. The van der Waals surface area contributed by atoms with Crippen molar-refractivity contribution in [3.8, 4) is 0 Å². The van der Waals surface area contributed by atoms with Crippen molar-refractivity contribution < 1.29 is 0 Å². The van der Waals surface area contributed by atoms with Crippen molar-refractivity contribution >= 4 is 0 Å². The van der Waals surface area contributed by atoms with Crippen LogP contribution in [-0.4, -0.2) is 24.5 Å². The molecule has 0 aliphatic carbocycles. The highest BCUT2D eigenvalue weighted by molar-refractivity contribution is 4.85. The molecule has 0 aromatic carbocycles. The average molecular weight is 137 g/mol. The lowest BCUT2D eigenvalue weighted by Gasteiger charge is -2.10. The summed E-state index contributed by atoms with van der Waals surface area (Å²) < 4.78 is 0. The standard InChI is InChI=1S/C9H15N/c1-3-4-6-10-7-5-9(2)8-10/h2-4,9H,5-8H2,1H3/b4-3+. The van der Waals surface area contributed by atoms with Gasteiger partial charge in [0.15, 0.2) is 0 Å². The second-order valence-corrected chi connectivity index (χ2v) is 2.88. The van der Waals surface area contributed by atoms with E-state index >= 15 is 0 Å². The quantitative estimate of drug-likeness (QED) is 0.522. The Labute approximate surface area is 63.7 Å². The van der Waals surface area contributed by atoms with Gasteiger partial charge in [0.2, 0.25) is 0 Å². The normalized spacial score (nSPS) is 28.4. The van der Waals surface area contributed by atoms with Gasteiger partial charge in [-0.3, -0.25) is 4.90 Å². The summed E-state index contributed by atoms with van der Waals surface area (Å²) in [5, 5.41) is 0. The molecule has 1 heteroatoms. The Morgan fingerprint density at radius 1 is 1.70 bits per heavy atom. The Kier molecular flexibility index (Phi) is 2.94. The van der Waals surface area contributed by atoms with Crippen LogP contribution in [-0.2, 0) is 0 Å². The average Bonchev–Trinajstić information content (AvgIpc) is 2.31. The van der Waals surface area contributed by atoms with Gasteiger partial charge >= 0.3 is 0 Å². The lowest BCUT2D eigenvalue weighted by molar-refractivity contribution is 0.368. The summed E-state index contributed by atoms with van der Waals surface area (Å²) in [6.07, 6.45) is 5.43. The van der Waals surface area contributed by atoms with Crippen LogP contribution in [0.5, 0.6) is 0 Å². The fraction of sp³-hybridized carbons (Fsp3) is 0.667. The Bertz CT molecular complexity index is 118. The molecule has 0 aromatic heterocycles. The molecule has 0 N–H and O–H groups in total. The van der Waals surface area contributed by atoms with Gasteiger partial charge in [-0.15, -0.1) is 0 Å². The van der Waals surface area contributed by atoms with Crippen LogP contribution < -0.4 is 0 Å². The predicted molar refractivity (Wildman–Crippen MR) is 43.7 cm³/mol. The highest BCUT2D eigenvalue weighted by Gasteiger charge is 2.16. The largest absolute Gasteiger partial charge is 0.299 e. The van der Waals surface area contributed by atoms with E-state index in [0.717, 1.165) is 19.5 Å². The van der Waals surface area contributed by atoms with E-state index in [0.29, 0.717) is 5.92 Å². The van der Waals surface area contributed by atoms with Gasteiger partial charge in [0.05, 0.1) is 0 Å². The van der Waals surface area contributed by atoms with Gasteiger partial charge in [-0.05, 0) is 32.7 Å². The van der Waals surface area contributed by atoms with E-state index in [4.69, 9.17) is 6.92 Å². The van der Waals surface area contributed by atoms with Gasteiger partial charge < -0.3 is 0 Å². The third-order valence-corrected chi connectivity index (χ3v) is 1.91. The van der Waals surface area contributed by atoms with Crippen LogP contribution in [0.4, 0.5) is 0 Å². The molecule has 1 heterocycles. The topological polar surface area (TPSA) is 3.24 Å². The summed E-state index contributed by atoms with van der Waals surface area (Å²) in [7, 11) is 0. The lowest BCUT2D eigenvalue weighted by atomic mass is 10.2. The molecule has 0 spiro atoms. The fourth-order valence-corrected chi connectivity index (χ4v) is 1.28. The minimum Gasteiger partial charge on any atom is -0.299 e. The van der Waals surface area contributed by atoms with Crippen LogP contribution in [0.15, 0.2) is 12.2 Å². The number of hydrogen-bond acceptors (Lipinski definition) is 1. The zero-order chi connectivity index (χ0) is 7.40. The molecule has 1 rings (SSSR count). The van der Waals surface area contributed by atoms with Gasteiger partial charge in [0, 0.05) is 13.1 Å². The van der Waals surface area contributed by atoms with Gasteiger partial charge in [0.25, 0.3) is 0 Å². The third-order valence-electron chi connectivity index (χ3n) is 1.91. The zero-order valence-electron chi connectivity index (χ0n) is 6.59. The maximum Gasteiger partial charge on any atom is 0.0163 e. The first kappa shape index (κ1) is 7.80. The Balaban J connectivity index is 2.18. The van der Waals surface area contributed by atoms with E-state index in [1.165, 1.54) is 6.54 Å². The molecule has 0 saturated carbocycles. The summed E-state index contributed by atoms with van der Waals surface area (Å²) in [4.78, 5) is 2.38. The molecular weight excluding hydrogens is 122 g/mol. The molecule has 10 heavy (non-hydrogen) atoms. The van der Waals surface area contributed by atoms with E-state index < -0.39 is 0 Å². The SMILES string of the molecule is [CH]C1CCN(C/C=C/C)C1. The van der Waals surface area contributed by atoms with Gasteiger partial charge in [-0.25, -0.2) is 0 Å². The van der Waals surface area contributed by atoms with Crippen molar-refractivity contribution in [2.75, 3.05) is 19.6 Å². The molecule has 1 unspecified atom stereocenters. The minimum absolute atomic E-state index is 0.422. The Morgan fingerprint density at radius 2 is 2.50 bits per heavy atom. The maximum atomic E-state index is 5.73. The van der Waals surface area contributed by atoms with Crippen molar-refractivity contribution in [1.82, 2.24) is 4.90 Å². The van der Waals surface area contributed by atoms with E-state index in [1.807, 2.05) is 0 Å². The number of hydrogen-bond donors (Lipinski definition) is 0. The highest BCUT2D eigenvalue weighted by Crippen LogP contribution is 2.13. The van der Waals surface area contributed by atoms with Crippen LogP contribution in [0, 0.1) is 12.8 Å². The number of likely N-dealkylation sites (tertiary alicyclic amines) is 1. The molecule has 0 aromatic rings. The van der Waals surface area contributed by atoms with Crippen LogP contribution in [0.1, 0.15) is 13.3 Å². The van der Waals surface area contributed by atoms with E-state index in [-0.39, 0.29) is 0 Å². The molecule has 1 fully saturated rings. The van der Waals surface area contributed by atoms with E-state index in [9.17, 15) is 0 Å². The van der Waals surface area contributed by atoms with Crippen LogP contribution in [0.25, 0.3) is 0 Å². The summed E-state index contributed by atoms with van der Waals surface area (Å²) >= 11 is 0. The van der Waals surface area contributed by atoms with Gasteiger partial charge in [-0.2, -0.15) is 0 Å². The molecule has 1 aliphatic rings. The van der Waals surface area contributed by atoms with Crippen molar-refractivity contribution in [1.29, 1.82) is 0 Å². The summed E-state index contributed by atoms with van der Waals surface area (Å²) in [5.74, 6) is 0.422. The lowest BCUT2D eigenvalue weighted by Crippen LogP contribution is -2.19. The second kappa shape index (κ2) is 3.77. The van der Waals surface area contributed by atoms with E-state index in [2.05, 4.69) is 24.0 Å². The summed E-state index contributed by atoms with van der Waals surface area (Å²) in [6.45, 7) is 11.1. The molecular formula is C9H15N. The summed E-state index contributed by atoms with van der Waals surface area (Å²) in [5.41, 5.74) is 0. The molecule has 1 aliphatic heterocycles. The highest BCUT2D eigenvalue weighted by atomic mass is 15.1. The van der Waals surface area contributed by atoms with Crippen LogP contribution in [0.3, 0.4) is 0 Å². The Morgan fingerprint density at radius 3 is 3.00 bits per heavy atom. The number of rotatable bonds is 2. The molecule has 56 valence electrons. The summed E-state index contributed by atoms with van der Waals surface area (Å²) in [6, 6.07) is 0. The number of allylic oxidation sites excluding steroid dienone is 1. The first-order valence-electron chi connectivity index (χ1n) is 3.92.